The number of aromatic nitrogens is 2. The van der Waals surface area contributed by atoms with Gasteiger partial charge < -0.3 is 14.0 Å². The zero-order valence-corrected chi connectivity index (χ0v) is 18.0. The molecule has 0 spiro atoms. The molecule has 0 bridgehead atoms. The van der Waals surface area contributed by atoms with E-state index in [1.807, 2.05) is 24.3 Å². The molecule has 6 heteroatoms. The second-order valence-electron chi connectivity index (χ2n) is 7.53. The van der Waals surface area contributed by atoms with Crippen LogP contribution in [0.1, 0.15) is 5.56 Å². The van der Waals surface area contributed by atoms with Crippen LogP contribution in [0.4, 0.5) is 5.69 Å². The summed E-state index contributed by atoms with van der Waals surface area (Å²) in [5, 5.41) is 4.63. The van der Waals surface area contributed by atoms with Gasteiger partial charge in [-0.1, -0.05) is 48.5 Å². The molecular formula is C26H19N3O2S. The molecule has 2 aromatic heterocycles. The predicted octanol–water partition coefficient (Wildman–Crippen LogP) is 5.77. The Bertz CT molecular complexity index is 1480. The number of benzene rings is 3. The number of hydrogen-bond donors (Lipinski definition) is 0. The Kier molecular flexibility index (Phi) is 4.70. The van der Waals surface area contributed by atoms with Crippen molar-refractivity contribution in [3.8, 4) is 22.8 Å². The van der Waals surface area contributed by atoms with E-state index in [9.17, 15) is 0 Å². The monoisotopic (exact) mass is 437 g/mol. The molecule has 6 rings (SSSR count). The molecule has 1 aliphatic heterocycles. The molecule has 0 saturated carbocycles. The van der Waals surface area contributed by atoms with Crippen LogP contribution in [-0.4, -0.2) is 16.3 Å². The first-order valence-electron chi connectivity index (χ1n) is 10.3. The first-order chi connectivity index (χ1) is 15.8. The minimum absolute atomic E-state index is 0.271. The zero-order valence-electron chi connectivity index (χ0n) is 17.1. The molecule has 0 saturated heterocycles. The molecule has 0 atom stereocenters. The number of ether oxygens (including phenoxy) is 2. The number of pyridine rings is 1. The van der Waals surface area contributed by atoms with Gasteiger partial charge in [0.2, 0.25) is 6.79 Å². The standard InChI is InChI=1S/C26H19N3O2S/c1-2-8-21-19(5-1)6-3-9-22(21)23-16-32-26(28-20-7-4-12-27-14-20)29(23)15-18-10-11-24-25(13-18)31-17-30-24/h1-14,16H,15,17H2. The van der Waals surface area contributed by atoms with Gasteiger partial charge in [-0.25, -0.2) is 4.99 Å². The van der Waals surface area contributed by atoms with Crippen molar-refractivity contribution in [2.24, 2.45) is 4.99 Å². The maximum Gasteiger partial charge on any atom is 0.231 e. The molecule has 0 unspecified atom stereocenters. The normalized spacial score (nSPS) is 13.1. The maximum absolute atomic E-state index is 5.60. The molecule has 0 fully saturated rings. The Labute approximate surface area is 188 Å². The van der Waals surface area contributed by atoms with E-state index in [0.717, 1.165) is 33.2 Å². The summed E-state index contributed by atoms with van der Waals surface area (Å²) in [4.78, 5) is 10.0. The second-order valence-corrected chi connectivity index (χ2v) is 8.36. The molecule has 0 N–H and O–H groups in total. The summed E-state index contributed by atoms with van der Waals surface area (Å²) in [6.45, 7) is 0.936. The van der Waals surface area contributed by atoms with Crippen LogP contribution >= 0.6 is 11.3 Å². The van der Waals surface area contributed by atoms with Gasteiger partial charge in [0.1, 0.15) is 0 Å². The lowest BCUT2D eigenvalue weighted by Crippen LogP contribution is -2.16. The van der Waals surface area contributed by atoms with Crippen LogP contribution in [0.3, 0.4) is 0 Å². The van der Waals surface area contributed by atoms with Gasteiger partial charge in [0, 0.05) is 17.1 Å². The third-order valence-corrected chi connectivity index (χ3v) is 6.38. The average molecular weight is 438 g/mol. The van der Waals surface area contributed by atoms with Crippen LogP contribution in [-0.2, 0) is 6.54 Å². The Morgan fingerprint density at radius 3 is 2.78 bits per heavy atom. The predicted molar refractivity (Wildman–Crippen MR) is 126 cm³/mol. The van der Waals surface area contributed by atoms with E-state index in [2.05, 4.69) is 63.5 Å². The number of fused-ring (bicyclic) bond motifs is 2. The molecule has 0 radical (unpaired) electrons. The van der Waals surface area contributed by atoms with Crippen LogP contribution in [0.5, 0.6) is 11.5 Å². The highest BCUT2D eigenvalue weighted by Gasteiger charge is 2.16. The Balaban J connectivity index is 1.53. The average Bonchev–Trinajstić information content (AvgIpc) is 3.46. The lowest BCUT2D eigenvalue weighted by atomic mass is 10.0. The molecule has 5 aromatic rings. The first-order valence-corrected chi connectivity index (χ1v) is 11.2. The van der Waals surface area contributed by atoms with E-state index >= 15 is 0 Å². The summed E-state index contributed by atoms with van der Waals surface area (Å²) in [7, 11) is 0. The number of thiazole rings is 1. The summed E-state index contributed by atoms with van der Waals surface area (Å²) in [5.74, 6) is 1.58. The smallest absolute Gasteiger partial charge is 0.231 e. The van der Waals surface area contributed by atoms with Crippen LogP contribution < -0.4 is 14.3 Å². The molecule has 32 heavy (non-hydrogen) atoms. The van der Waals surface area contributed by atoms with Gasteiger partial charge in [0.05, 0.1) is 24.1 Å². The van der Waals surface area contributed by atoms with Crippen LogP contribution in [0.15, 0.2) is 95.6 Å². The van der Waals surface area contributed by atoms with E-state index in [0.29, 0.717) is 6.54 Å². The first kappa shape index (κ1) is 18.8. The van der Waals surface area contributed by atoms with Crippen molar-refractivity contribution in [3.05, 3.63) is 101 Å². The topological polar surface area (TPSA) is 48.6 Å². The summed E-state index contributed by atoms with van der Waals surface area (Å²) >= 11 is 1.63. The van der Waals surface area contributed by atoms with Crippen molar-refractivity contribution in [1.29, 1.82) is 0 Å². The third kappa shape index (κ3) is 3.44. The van der Waals surface area contributed by atoms with Crippen molar-refractivity contribution < 1.29 is 9.47 Å². The van der Waals surface area contributed by atoms with E-state index in [1.165, 1.54) is 16.3 Å². The molecule has 1 aliphatic rings. The Hall–Kier alpha value is -3.90. The third-order valence-electron chi connectivity index (χ3n) is 5.51. The summed E-state index contributed by atoms with van der Waals surface area (Å²) in [6.07, 6.45) is 3.54. The van der Waals surface area contributed by atoms with Gasteiger partial charge in [-0.05, 0) is 40.6 Å². The molecule has 0 aliphatic carbocycles. The minimum Gasteiger partial charge on any atom is -0.454 e. The molecule has 3 aromatic carbocycles. The molecular weight excluding hydrogens is 418 g/mol. The number of hydrogen-bond acceptors (Lipinski definition) is 5. The summed E-state index contributed by atoms with van der Waals surface area (Å²) < 4.78 is 13.3. The quantitative estimate of drug-likeness (QED) is 0.358. The Morgan fingerprint density at radius 1 is 0.938 bits per heavy atom. The summed E-state index contributed by atoms with van der Waals surface area (Å²) in [5.41, 5.74) is 4.28. The second kappa shape index (κ2) is 7.98. The van der Waals surface area contributed by atoms with Crippen molar-refractivity contribution in [3.63, 3.8) is 0 Å². The molecule has 0 amide bonds. The maximum atomic E-state index is 5.60. The van der Waals surface area contributed by atoms with Gasteiger partial charge in [-0.2, -0.15) is 0 Å². The molecule has 5 nitrogen and oxygen atoms in total. The van der Waals surface area contributed by atoms with Crippen molar-refractivity contribution >= 4 is 27.8 Å². The van der Waals surface area contributed by atoms with Crippen molar-refractivity contribution in [2.45, 2.75) is 6.54 Å². The van der Waals surface area contributed by atoms with Gasteiger partial charge in [0.25, 0.3) is 0 Å². The fourth-order valence-corrected chi connectivity index (χ4v) is 4.91. The number of rotatable bonds is 4. The summed E-state index contributed by atoms with van der Waals surface area (Å²) in [6, 6.07) is 24.9. The molecule has 3 heterocycles. The van der Waals surface area contributed by atoms with E-state index < -0.39 is 0 Å². The van der Waals surface area contributed by atoms with Crippen LogP contribution in [0.2, 0.25) is 0 Å². The largest absolute Gasteiger partial charge is 0.454 e. The fraction of sp³-hybridized carbons (Fsp3) is 0.0769. The Morgan fingerprint density at radius 2 is 1.84 bits per heavy atom. The van der Waals surface area contributed by atoms with Gasteiger partial charge in [-0.3, -0.25) is 4.98 Å². The highest BCUT2D eigenvalue weighted by Crippen LogP contribution is 2.34. The van der Waals surface area contributed by atoms with Crippen LogP contribution in [0, 0.1) is 0 Å². The zero-order chi connectivity index (χ0) is 21.3. The van der Waals surface area contributed by atoms with Gasteiger partial charge in [0.15, 0.2) is 16.3 Å². The SMILES string of the molecule is c1cncc(N=c2scc(-c3cccc4ccccc34)n2Cc2ccc3c(c2)OCO3)c1. The van der Waals surface area contributed by atoms with Gasteiger partial charge >= 0.3 is 0 Å². The van der Waals surface area contributed by atoms with Crippen molar-refractivity contribution in [1.82, 2.24) is 9.55 Å². The fourth-order valence-electron chi connectivity index (χ4n) is 3.99. The van der Waals surface area contributed by atoms with Crippen LogP contribution in [0.25, 0.3) is 22.0 Å². The number of nitrogens with zero attached hydrogens (tertiary/aromatic N) is 3. The minimum atomic E-state index is 0.271. The van der Waals surface area contributed by atoms with E-state index in [1.54, 1.807) is 23.7 Å². The van der Waals surface area contributed by atoms with E-state index in [-0.39, 0.29) is 6.79 Å². The highest BCUT2D eigenvalue weighted by atomic mass is 32.1. The lowest BCUT2D eigenvalue weighted by Gasteiger charge is -2.12. The van der Waals surface area contributed by atoms with Gasteiger partial charge in [-0.15, -0.1) is 11.3 Å². The molecule has 156 valence electrons. The van der Waals surface area contributed by atoms with E-state index in [4.69, 9.17) is 14.5 Å². The van der Waals surface area contributed by atoms with Crippen molar-refractivity contribution in [2.75, 3.05) is 6.79 Å². The lowest BCUT2D eigenvalue weighted by molar-refractivity contribution is 0.174. The highest BCUT2D eigenvalue weighted by molar-refractivity contribution is 7.07.